The predicted molar refractivity (Wildman–Crippen MR) is 88.2 cm³/mol. The van der Waals surface area contributed by atoms with Crippen molar-refractivity contribution < 1.29 is 9.90 Å². The zero-order valence-corrected chi connectivity index (χ0v) is 14.1. The van der Waals surface area contributed by atoms with Crippen molar-refractivity contribution in [3.05, 3.63) is 35.8 Å². The summed E-state index contributed by atoms with van der Waals surface area (Å²) < 4.78 is 2.07. The van der Waals surface area contributed by atoms with E-state index < -0.39 is 11.4 Å². The summed E-state index contributed by atoms with van der Waals surface area (Å²) >= 11 is 0. The molecule has 0 saturated heterocycles. The number of hydrogen-bond acceptors (Lipinski definition) is 3. The van der Waals surface area contributed by atoms with Gasteiger partial charge in [0.05, 0.1) is 16.6 Å². The van der Waals surface area contributed by atoms with Crippen LogP contribution in [-0.4, -0.2) is 25.8 Å². The summed E-state index contributed by atoms with van der Waals surface area (Å²) in [6.07, 6.45) is 5.40. The van der Waals surface area contributed by atoms with Gasteiger partial charge in [-0.05, 0) is 59.1 Å². The molecule has 1 N–H and O–H groups in total. The molecule has 5 nitrogen and oxygen atoms in total. The Labute approximate surface area is 136 Å². The molecule has 0 bridgehead atoms. The first-order chi connectivity index (χ1) is 10.7. The van der Waals surface area contributed by atoms with Gasteiger partial charge in [0.2, 0.25) is 0 Å². The molecular weight excluding hydrogens is 290 g/mol. The Bertz CT molecular complexity index is 744. The van der Waals surface area contributed by atoms with Crippen LogP contribution in [0.15, 0.2) is 24.5 Å². The van der Waals surface area contributed by atoms with Crippen LogP contribution in [-0.2, 0) is 23.2 Å². The van der Waals surface area contributed by atoms with Crippen LogP contribution >= 0.6 is 0 Å². The second-order valence-corrected chi connectivity index (χ2v) is 7.63. The summed E-state index contributed by atoms with van der Waals surface area (Å²) in [5.74, 6) is -0.729. The number of carboxylic acid groups (broad SMARTS) is 1. The molecule has 0 spiro atoms. The molecule has 0 aromatic carbocycles. The second kappa shape index (κ2) is 5.18. The lowest BCUT2D eigenvalue weighted by molar-refractivity contribution is -0.148. The first-order valence-electron chi connectivity index (χ1n) is 7.97. The number of hydrogen-bond donors (Lipinski definition) is 1. The van der Waals surface area contributed by atoms with Gasteiger partial charge in [0.1, 0.15) is 0 Å². The van der Waals surface area contributed by atoms with Gasteiger partial charge >= 0.3 is 5.97 Å². The first-order valence-corrected chi connectivity index (χ1v) is 7.97. The SMILES string of the molecule is CC1(C(=O)O)CCc2c(c(-c3ccncc3)nn2C(C)(C)C)C1. The molecule has 3 rings (SSSR count). The van der Waals surface area contributed by atoms with Gasteiger partial charge in [-0.25, -0.2) is 0 Å². The van der Waals surface area contributed by atoms with E-state index in [0.717, 1.165) is 23.2 Å². The monoisotopic (exact) mass is 313 g/mol. The zero-order chi connectivity index (χ0) is 16.8. The molecule has 0 fully saturated rings. The van der Waals surface area contributed by atoms with Gasteiger partial charge < -0.3 is 5.11 Å². The second-order valence-electron chi connectivity index (χ2n) is 7.63. The van der Waals surface area contributed by atoms with Gasteiger partial charge in [-0.2, -0.15) is 5.10 Å². The van der Waals surface area contributed by atoms with Gasteiger partial charge in [-0.15, -0.1) is 0 Å². The molecule has 122 valence electrons. The lowest BCUT2D eigenvalue weighted by atomic mass is 9.74. The van der Waals surface area contributed by atoms with Crippen molar-refractivity contribution in [3.8, 4) is 11.3 Å². The number of carboxylic acids is 1. The molecule has 1 aliphatic rings. The fraction of sp³-hybridized carbons (Fsp3) is 0.500. The number of aliphatic carboxylic acids is 1. The lowest BCUT2D eigenvalue weighted by Gasteiger charge is -2.31. The number of nitrogens with zero attached hydrogens (tertiary/aromatic N) is 3. The zero-order valence-electron chi connectivity index (χ0n) is 14.1. The summed E-state index contributed by atoms with van der Waals surface area (Å²) in [7, 11) is 0. The van der Waals surface area contributed by atoms with Crippen LogP contribution in [0.5, 0.6) is 0 Å². The standard InChI is InChI=1S/C18H23N3O2/c1-17(2,3)21-14-5-8-18(4,16(22)23)11-13(14)15(20-21)12-6-9-19-10-7-12/h6-7,9-10H,5,8,11H2,1-4H3,(H,22,23). The van der Waals surface area contributed by atoms with Crippen molar-refractivity contribution in [2.75, 3.05) is 0 Å². The van der Waals surface area contributed by atoms with E-state index in [9.17, 15) is 9.90 Å². The molecule has 0 radical (unpaired) electrons. The van der Waals surface area contributed by atoms with Gasteiger partial charge in [0, 0.05) is 29.2 Å². The maximum absolute atomic E-state index is 11.7. The van der Waals surface area contributed by atoms with Crippen molar-refractivity contribution in [1.82, 2.24) is 14.8 Å². The molecule has 1 aliphatic carbocycles. The van der Waals surface area contributed by atoms with Crippen LogP contribution in [0.4, 0.5) is 0 Å². The normalized spacial score (nSPS) is 21.0. The number of rotatable bonds is 2. The molecule has 0 saturated carbocycles. The first kappa shape index (κ1) is 15.7. The smallest absolute Gasteiger partial charge is 0.309 e. The number of carbonyl (C=O) groups is 1. The van der Waals surface area contributed by atoms with Crippen LogP contribution in [0.3, 0.4) is 0 Å². The molecule has 2 heterocycles. The van der Waals surface area contributed by atoms with E-state index in [-0.39, 0.29) is 5.54 Å². The van der Waals surface area contributed by atoms with Gasteiger partial charge in [0.15, 0.2) is 0 Å². The third-order valence-electron chi connectivity index (χ3n) is 4.68. The van der Waals surface area contributed by atoms with Crippen LogP contribution in [0.25, 0.3) is 11.3 Å². The summed E-state index contributed by atoms with van der Waals surface area (Å²) in [6.45, 7) is 8.22. The van der Waals surface area contributed by atoms with E-state index in [4.69, 9.17) is 5.10 Å². The Balaban J connectivity index is 2.19. The van der Waals surface area contributed by atoms with E-state index >= 15 is 0 Å². The van der Waals surface area contributed by atoms with Gasteiger partial charge in [0.25, 0.3) is 0 Å². The maximum Gasteiger partial charge on any atom is 0.309 e. The van der Waals surface area contributed by atoms with E-state index in [2.05, 4.69) is 30.4 Å². The number of aromatic nitrogens is 3. The van der Waals surface area contributed by atoms with Crippen molar-refractivity contribution in [1.29, 1.82) is 0 Å². The molecule has 5 heteroatoms. The molecule has 2 aromatic heterocycles. The Morgan fingerprint density at radius 2 is 1.96 bits per heavy atom. The van der Waals surface area contributed by atoms with Crippen molar-refractivity contribution >= 4 is 5.97 Å². The van der Waals surface area contributed by atoms with Crippen molar-refractivity contribution in [2.24, 2.45) is 5.41 Å². The highest BCUT2D eigenvalue weighted by atomic mass is 16.4. The van der Waals surface area contributed by atoms with Crippen LogP contribution in [0.2, 0.25) is 0 Å². The fourth-order valence-electron chi connectivity index (χ4n) is 3.28. The van der Waals surface area contributed by atoms with Crippen LogP contribution < -0.4 is 0 Å². The third-order valence-corrected chi connectivity index (χ3v) is 4.68. The topological polar surface area (TPSA) is 68.0 Å². The molecular formula is C18H23N3O2. The summed E-state index contributed by atoms with van der Waals surface area (Å²) in [5, 5.41) is 14.5. The Morgan fingerprint density at radius 3 is 2.52 bits per heavy atom. The van der Waals surface area contributed by atoms with Gasteiger partial charge in [-0.3, -0.25) is 14.5 Å². The third kappa shape index (κ3) is 2.64. The molecule has 1 unspecified atom stereocenters. The molecule has 1 atom stereocenters. The average molecular weight is 313 g/mol. The van der Waals surface area contributed by atoms with Crippen LogP contribution in [0.1, 0.15) is 45.4 Å². The van der Waals surface area contributed by atoms with E-state index in [1.807, 2.05) is 19.1 Å². The highest BCUT2D eigenvalue weighted by molar-refractivity contribution is 5.76. The van der Waals surface area contributed by atoms with Crippen LogP contribution in [0, 0.1) is 5.41 Å². The van der Waals surface area contributed by atoms with E-state index in [0.29, 0.717) is 12.8 Å². The minimum atomic E-state index is -0.729. The van der Waals surface area contributed by atoms with E-state index in [1.165, 1.54) is 5.69 Å². The number of pyridine rings is 1. The molecule has 23 heavy (non-hydrogen) atoms. The highest BCUT2D eigenvalue weighted by Gasteiger charge is 2.41. The highest BCUT2D eigenvalue weighted by Crippen LogP contribution is 2.41. The van der Waals surface area contributed by atoms with E-state index in [1.54, 1.807) is 12.4 Å². The summed E-state index contributed by atoms with van der Waals surface area (Å²) in [5.41, 5.74) is 3.27. The minimum absolute atomic E-state index is 0.133. The minimum Gasteiger partial charge on any atom is -0.481 e. The molecule has 2 aromatic rings. The molecule has 0 aliphatic heterocycles. The Kier molecular flexibility index (Phi) is 3.54. The largest absolute Gasteiger partial charge is 0.481 e. The fourth-order valence-corrected chi connectivity index (χ4v) is 3.28. The van der Waals surface area contributed by atoms with Gasteiger partial charge in [-0.1, -0.05) is 0 Å². The predicted octanol–water partition coefficient (Wildman–Crippen LogP) is 3.28. The quantitative estimate of drug-likeness (QED) is 0.924. The van der Waals surface area contributed by atoms with Crippen molar-refractivity contribution in [2.45, 2.75) is 52.5 Å². The Morgan fingerprint density at radius 1 is 1.30 bits per heavy atom. The van der Waals surface area contributed by atoms with Crippen molar-refractivity contribution in [3.63, 3.8) is 0 Å². The average Bonchev–Trinajstić information content (AvgIpc) is 2.86. The summed E-state index contributed by atoms with van der Waals surface area (Å²) in [6, 6.07) is 3.87. The summed E-state index contributed by atoms with van der Waals surface area (Å²) in [4.78, 5) is 15.8. The lowest BCUT2D eigenvalue weighted by Crippen LogP contribution is -2.35. The Hall–Kier alpha value is -2.17. The maximum atomic E-state index is 11.7. The molecule has 0 amide bonds. The number of fused-ring (bicyclic) bond motifs is 1.